The summed E-state index contributed by atoms with van der Waals surface area (Å²) >= 11 is 3.41. The number of ketones is 1. The number of hydrogen-bond acceptors (Lipinski definition) is 2. The molecule has 3 rings (SSSR count). The van der Waals surface area contributed by atoms with Gasteiger partial charge >= 0.3 is 0 Å². The third-order valence-electron chi connectivity index (χ3n) is 3.13. The molecule has 3 aromatic rings. The number of fused-ring (bicyclic) bond motifs is 1. The number of carbonyl (C=O) groups excluding carboxylic acids is 1. The number of aromatic amines is 1. The van der Waals surface area contributed by atoms with Crippen molar-refractivity contribution in [2.75, 3.05) is 5.73 Å². The van der Waals surface area contributed by atoms with Gasteiger partial charge in [-0.1, -0.05) is 22.0 Å². The molecule has 20 heavy (non-hydrogen) atoms. The van der Waals surface area contributed by atoms with Crippen LogP contribution < -0.4 is 5.73 Å². The highest BCUT2D eigenvalue weighted by Gasteiger charge is 2.19. The molecule has 0 amide bonds. The Morgan fingerprint density at radius 1 is 1.20 bits per heavy atom. The number of H-pyrrole nitrogens is 1. The Labute approximate surface area is 122 Å². The molecular weight excluding hydrogens is 323 g/mol. The second-order valence-electron chi connectivity index (χ2n) is 4.43. The summed E-state index contributed by atoms with van der Waals surface area (Å²) in [5, 5.41) is 0.735. The van der Waals surface area contributed by atoms with Crippen LogP contribution in [-0.2, 0) is 0 Å². The first kappa shape index (κ1) is 12.9. The van der Waals surface area contributed by atoms with E-state index in [4.69, 9.17) is 5.73 Å². The number of hydrogen-bond donors (Lipinski definition) is 2. The predicted molar refractivity (Wildman–Crippen MR) is 80.2 cm³/mol. The summed E-state index contributed by atoms with van der Waals surface area (Å²) in [6.45, 7) is 0. The minimum atomic E-state index is -0.578. The fourth-order valence-electron chi connectivity index (χ4n) is 2.18. The Morgan fingerprint density at radius 2 is 2.00 bits per heavy atom. The summed E-state index contributed by atoms with van der Waals surface area (Å²) in [5.74, 6) is -0.974. The first-order valence-corrected chi connectivity index (χ1v) is 6.72. The second kappa shape index (κ2) is 4.76. The molecule has 0 aliphatic carbocycles. The van der Waals surface area contributed by atoms with Gasteiger partial charge in [0.05, 0.1) is 5.56 Å². The number of nitrogen functional groups attached to an aromatic ring is 1. The van der Waals surface area contributed by atoms with Gasteiger partial charge in [0, 0.05) is 32.8 Å². The monoisotopic (exact) mass is 332 g/mol. The molecule has 0 saturated carbocycles. The van der Waals surface area contributed by atoms with Gasteiger partial charge in [-0.05, 0) is 30.3 Å². The summed E-state index contributed by atoms with van der Waals surface area (Å²) in [5.41, 5.74) is 7.18. The average molecular weight is 333 g/mol. The van der Waals surface area contributed by atoms with E-state index in [0.717, 1.165) is 15.4 Å². The zero-order valence-corrected chi connectivity index (χ0v) is 11.9. The maximum Gasteiger partial charge on any atom is 0.198 e. The van der Waals surface area contributed by atoms with Crippen molar-refractivity contribution in [2.24, 2.45) is 0 Å². The van der Waals surface area contributed by atoms with Gasteiger partial charge in [0.2, 0.25) is 0 Å². The molecule has 1 heterocycles. The summed E-state index contributed by atoms with van der Waals surface area (Å²) < 4.78 is 14.6. The van der Waals surface area contributed by atoms with E-state index >= 15 is 0 Å². The van der Waals surface area contributed by atoms with E-state index in [1.807, 2.05) is 18.2 Å². The minimum absolute atomic E-state index is 0.0262. The van der Waals surface area contributed by atoms with Crippen LogP contribution in [0.15, 0.2) is 47.1 Å². The summed E-state index contributed by atoms with van der Waals surface area (Å²) in [6, 6.07) is 9.53. The number of anilines is 1. The van der Waals surface area contributed by atoms with Crippen molar-refractivity contribution in [1.29, 1.82) is 0 Å². The molecule has 3 N–H and O–H groups in total. The maximum absolute atomic E-state index is 13.8. The highest BCUT2D eigenvalue weighted by Crippen LogP contribution is 2.29. The zero-order chi connectivity index (χ0) is 14.3. The van der Waals surface area contributed by atoms with Gasteiger partial charge in [-0.2, -0.15) is 0 Å². The lowest BCUT2D eigenvalue weighted by Gasteiger charge is -2.04. The van der Waals surface area contributed by atoms with E-state index < -0.39 is 11.6 Å². The van der Waals surface area contributed by atoms with Crippen molar-refractivity contribution in [1.82, 2.24) is 4.98 Å². The number of benzene rings is 2. The topological polar surface area (TPSA) is 58.9 Å². The summed E-state index contributed by atoms with van der Waals surface area (Å²) in [6.07, 6.45) is 1.58. The molecule has 0 saturated heterocycles. The van der Waals surface area contributed by atoms with E-state index in [0.29, 0.717) is 11.3 Å². The molecule has 0 fully saturated rings. The van der Waals surface area contributed by atoms with Crippen LogP contribution in [0.25, 0.3) is 10.9 Å². The fraction of sp³-hybridized carbons (Fsp3) is 0. The summed E-state index contributed by atoms with van der Waals surface area (Å²) in [4.78, 5) is 15.5. The van der Waals surface area contributed by atoms with Gasteiger partial charge in [0.1, 0.15) is 5.82 Å². The van der Waals surface area contributed by atoms with Crippen molar-refractivity contribution in [2.45, 2.75) is 0 Å². The van der Waals surface area contributed by atoms with Gasteiger partial charge in [-0.15, -0.1) is 0 Å². The number of rotatable bonds is 2. The zero-order valence-electron chi connectivity index (χ0n) is 10.3. The Hall–Kier alpha value is -2.14. The first-order valence-electron chi connectivity index (χ1n) is 5.93. The third kappa shape index (κ3) is 2.00. The maximum atomic E-state index is 13.8. The Balaban J connectivity index is 2.21. The van der Waals surface area contributed by atoms with Crippen molar-refractivity contribution >= 4 is 38.3 Å². The highest BCUT2D eigenvalue weighted by molar-refractivity contribution is 9.10. The first-order chi connectivity index (χ1) is 9.58. The van der Waals surface area contributed by atoms with Gasteiger partial charge in [-0.3, -0.25) is 4.79 Å². The molecule has 1 aromatic heterocycles. The normalized spacial score (nSPS) is 10.9. The second-order valence-corrected chi connectivity index (χ2v) is 5.29. The SMILES string of the molecule is Nc1ccc(F)c(C(=O)c2c[nH]c3cccc(Br)c23)c1. The van der Waals surface area contributed by atoms with Crippen LogP contribution in [0.5, 0.6) is 0 Å². The van der Waals surface area contributed by atoms with Crippen LogP contribution >= 0.6 is 15.9 Å². The molecule has 0 radical (unpaired) electrons. The lowest BCUT2D eigenvalue weighted by molar-refractivity contribution is 0.103. The molecule has 0 unspecified atom stereocenters. The lowest BCUT2D eigenvalue weighted by atomic mass is 10.0. The number of aromatic nitrogens is 1. The van der Waals surface area contributed by atoms with Crippen LogP contribution in [0.4, 0.5) is 10.1 Å². The van der Waals surface area contributed by atoms with Crippen molar-refractivity contribution < 1.29 is 9.18 Å². The average Bonchev–Trinajstić information content (AvgIpc) is 2.86. The van der Waals surface area contributed by atoms with Crippen LogP contribution in [0, 0.1) is 5.82 Å². The number of halogens is 2. The van der Waals surface area contributed by atoms with Crippen molar-refractivity contribution in [3.8, 4) is 0 Å². The van der Waals surface area contributed by atoms with Crippen LogP contribution in [0.1, 0.15) is 15.9 Å². The molecular formula is C15H10BrFN2O. The molecule has 0 aliphatic rings. The number of carbonyl (C=O) groups is 1. The van der Waals surface area contributed by atoms with Gasteiger partial charge < -0.3 is 10.7 Å². The standard InChI is InChI=1S/C15H10BrFN2O/c16-11-2-1-3-13-14(11)10(7-19-13)15(20)9-6-8(18)4-5-12(9)17/h1-7,19H,18H2. The van der Waals surface area contributed by atoms with Crippen LogP contribution in [0.3, 0.4) is 0 Å². The predicted octanol–water partition coefficient (Wildman–Crippen LogP) is 3.88. The molecule has 0 atom stereocenters. The molecule has 0 aliphatic heterocycles. The van der Waals surface area contributed by atoms with Crippen LogP contribution in [-0.4, -0.2) is 10.8 Å². The molecule has 100 valence electrons. The molecule has 5 heteroatoms. The van der Waals surface area contributed by atoms with E-state index in [1.54, 1.807) is 6.20 Å². The largest absolute Gasteiger partial charge is 0.399 e. The summed E-state index contributed by atoms with van der Waals surface area (Å²) in [7, 11) is 0. The number of nitrogens with one attached hydrogen (secondary N) is 1. The lowest BCUT2D eigenvalue weighted by Crippen LogP contribution is -2.04. The quantitative estimate of drug-likeness (QED) is 0.552. The molecule has 3 nitrogen and oxygen atoms in total. The van der Waals surface area contributed by atoms with E-state index in [1.165, 1.54) is 18.2 Å². The highest BCUT2D eigenvalue weighted by atomic mass is 79.9. The van der Waals surface area contributed by atoms with Crippen LogP contribution in [0.2, 0.25) is 0 Å². The van der Waals surface area contributed by atoms with Crippen molar-refractivity contribution in [3.05, 3.63) is 64.0 Å². The van der Waals surface area contributed by atoms with Gasteiger partial charge in [0.15, 0.2) is 5.78 Å². The minimum Gasteiger partial charge on any atom is -0.399 e. The number of nitrogens with two attached hydrogens (primary N) is 1. The van der Waals surface area contributed by atoms with Gasteiger partial charge in [0.25, 0.3) is 0 Å². The van der Waals surface area contributed by atoms with E-state index in [2.05, 4.69) is 20.9 Å². The Kier molecular flexibility index (Phi) is 3.06. The van der Waals surface area contributed by atoms with E-state index in [-0.39, 0.29) is 5.56 Å². The van der Waals surface area contributed by atoms with Gasteiger partial charge in [-0.25, -0.2) is 4.39 Å². The molecule has 0 bridgehead atoms. The molecule has 0 spiro atoms. The van der Waals surface area contributed by atoms with E-state index in [9.17, 15) is 9.18 Å². The Morgan fingerprint density at radius 3 is 2.80 bits per heavy atom. The van der Waals surface area contributed by atoms with Crippen molar-refractivity contribution in [3.63, 3.8) is 0 Å². The molecule has 2 aromatic carbocycles. The smallest absolute Gasteiger partial charge is 0.198 e. The fourth-order valence-corrected chi connectivity index (χ4v) is 2.76. The Bertz CT molecular complexity index is 826. The third-order valence-corrected chi connectivity index (χ3v) is 3.80.